The molecule has 0 bridgehead atoms. The molecule has 1 aliphatic rings. The summed E-state index contributed by atoms with van der Waals surface area (Å²) in [5, 5.41) is 0.946. The van der Waals surface area contributed by atoms with E-state index in [-0.39, 0.29) is 11.5 Å². The number of nitrogens with zero attached hydrogens (tertiary/aromatic N) is 1. The Morgan fingerprint density at radius 2 is 1.95 bits per heavy atom. The highest BCUT2D eigenvalue weighted by atomic mass is 79.9. The van der Waals surface area contributed by atoms with Gasteiger partial charge in [-0.25, -0.2) is 0 Å². The van der Waals surface area contributed by atoms with Crippen LogP contribution >= 0.6 is 15.9 Å². The molecular weight excluding hydrogens is 302 g/mol. The summed E-state index contributed by atoms with van der Waals surface area (Å²) in [6.07, 6.45) is 3.00. The summed E-state index contributed by atoms with van der Waals surface area (Å²) >= 11 is 3.45. The van der Waals surface area contributed by atoms with E-state index in [1.807, 2.05) is 23.1 Å². The van der Waals surface area contributed by atoms with Crippen molar-refractivity contribution in [2.45, 2.75) is 44.6 Å². The average Bonchev–Trinajstić information content (AvgIpc) is 3.21. The van der Waals surface area contributed by atoms with Gasteiger partial charge in [-0.15, -0.1) is 0 Å². The Balaban J connectivity index is 2.17. The summed E-state index contributed by atoms with van der Waals surface area (Å²) in [5.41, 5.74) is 0.960. The molecule has 0 aliphatic heterocycles. The van der Waals surface area contributed by atoms with E-state index in [0.29, 0.717) is 5.91 Å². The molecule has 0 unspecified atom stereocenters. The molecule has 2 rings (SSSR count). The summed E-state index contributed by atoms with van der Waals surface area (Å²) in [4.78, 5) is 14.9. The van der Waals surface area contributed by atoms with Crippen LogP contribution in [0.3, 0.4) is 0 Å². The molecular formula is C16H22BrNO. The van der Waals surface area contributed by atoms with Crippen molar-refractivity contribution in [1.29, 1.82) is 0 Å². The number of alkyl halides is 1. The number of amides is 1. The number of hydrogen-bond acceptors (Lipinski definition) is 1. The minimum Gasteiger partial charge on any atom is -0.339 e. The van der Waals surface area contributed by atoms with Gasteiger partial charge in [-0.05, 0) is 38.7 Å². The molecule has 3 heteroatoms. The normalized spacial score (nSPS) is 16.4. The van der Waals surface area contributed by atoms with Crippen molar-refractivity contribution in [3.8, 4) is 0 Å². The molecule has 0 atom stereocenters. The van der Waals surface area contributed by atoms with Crippen LogP contribution in [0.4, 0.5) is 0 Å². The van der Waals surface area contributed by atoms with Crippen molar-refractivity contribution in [2.24, 2.45) is 0 Å². The molecule has 2 nitrogen and oxygen atoms in total. The number of carbonyl (C=O) groups excluding carboxylic acids is 1. The maximum Gasteiger partial charge on any atom is 0.233 e. The number of carbonyl (C=O) groups is 1. The van der Waals surface area contributed by atoms with Crippen molar-refractivity contribution in [3.63, 3.8) is 0 Å². The van der Waals surface area contributed by atoms with Crippen molar-refractivity contribution < 1.29 is 4.79 Å². The Morgan fingerprint density at radius 1 is 1.32 bits per heavy atom. The van der Waals surface area contributed by atoms with Crippen molar-refractivity contribution in [2.75, 3.05) is 11.9 Å². The molecule has 0 aromatic heterocycles. The van der Waals surface area contributed by atoms with E-state index in [2.05, 4.69) is 41.9 Å². The monoisotopic (exact) mass is 323 g/mol. The fourth-order valence-electron chi connectivity index (χ4n) is 2.61. The van der Waals surface area contributed by atoms with E-state index in [1.165, 1.54) is 5.56 Å². The molecule has 1 fully saturated rings. The highest BCUT2D eigenvalue weighted by Gasteiger charge is 2.53. The smallest absolute Gasteiger partial charge is 0.233 e. The van der Waals surface area contributed by atoms with E-state index in [1.54, 1.807) is 0 Å². The van der Waals surface area contributed by atoms with Gasteiger partial charge in [-0.3, -0.25) is 4.79 Å². The minimum atomic E-state index is -0.224. The minimum absolute atomic E-state index is 0.224. The van der Waals surface area contributed by atoms with Gasteiger partial charge in [0.15, 0.2) is 0 Å². The Bertz CT molecular complexity index is 426. The van der Waals surface area contributed by atoms with Crippen LogP contribution < -0.4 is 0 Å². The third kappa shape index (κ3) is 3.02. The van der Waals surface area contributed by atoms with E-state index in [4.69, 9.17) is 0 Å². The molecule has 0 N–H and O–H groups in total. The van der Waals surface area contributed by atoms with Gasteiger partial charge in [0.05, 0.1) is 5.41 Å². The number of benzene rings is 1. The Hall–Kier alpha value is -0.830. The molecule has 0 heterocycles. The highest BCUT2D eigenvalue weighted by molar-refractivity contribution is 9.09. The zero-order valence-electron chi connectivity index (χ0n) is 11.7. The van der Waals surface area contributed by atoms with Gasteiger partial charge < -0.3 is 4.90 Å². The number of rotatable bonds is 6. The third-order valence-electron chi connectivity index (χ3n) is 3.90. The second kappa shape index (κ2) is 6.08. The third-order valence-corrected chi connectivity index (χ3v) is 4.46. The van der Waals surface area contributed by atoms with Crippen LogP contribution in [0.2, 0.25) is 0 Å². The summed E-state index contributed by atoms with van der Waals surface area (Å²) in [6, 6.07) is 10.5. The molecule has 1 saturated carbocycles. The topological polar surface area (TPSA) is 20.3 Å². The van der Waals surface area contributed by atoms with Crippen LogP contribution in [0.25, 0.3) is 0 Å². The molecule has 0 radical (unpaired) electrons. The van der Waals surface area contributed by atoms with E-state index in [9.17, 15) is 4.79 Å². The highest BCUT2D eigenvalue weighted by Crippen LogP contribution is 2.49. The number of halogens is 1. The lowest BCUT2D eigenvalue weighted by Gasteiger charge is -2.31. The summed E-state index contributed by atoms with van der Waals surface area (Å²) in [6.45, 7) is 5.05. The fraction of sp³-hybridized carbons (Fsp3) is 0.562. The van der Waals surface area contributed by atoms with Crippen LogP contribution in [0.1, 0.15) is 38.7 Å². The van der Waals surface area contributed by atoms with Crippen LogP contribution in [-0.4, -0.2) is 28.7 Å². The standard InChI is InChI=1S/C16H22BrNO/c1-13(2)18(12-6-11-17)15(19)16(9-10-16)14-7-4-3-5-8-14/h3-5,7-8,13H,6,9-12H2,1-2H3. The average molecular weight is 324 g/mol. The lowest BCUT2D eigenvalue weighted by Crippen LogP contribution is -2.44. The molecule has 1 aromatic rings. The van der Waals surface area contributed by atoms with Crippen LogP contribution in [-0.2, 0) is 10.2 Å². The molecule has 104 valence electrons. The zero-order chi connectivity index (χ0) is 13.9. The van der Waals surface area contributed by atoms with Gasteiger partial charge >= 0.3 is 0 Å². The first-order valence-corrected chi connectivity index (χ1v) is 8.16. The van der Waals surface area contributed by atoms with Crippen LogP contribution in [0.15, 0.2) is 30.3 Å². The maximum atomic E-state index is 12.9. The first-order valence-electron chi connectivity index (χ1n) is 7.04. The van der Waals surface area contributed by atoms with Gasteiger partial charge in [-0.1, -0.05) is 46.3 Å². The lowest BCUT2D eigenvalue weighted by molar-refractivity contribution is -0.135. The predicted octanol–water partition coefficient (Wildman–Crippen LogP) is 3.74. The van der Waals surface area contributed by atoms with E-state index >= 15 is 0 Å². The SMILES string of the molecule is CC(C)N(CCCBr)C(=O)C1(c2ccccc2)CC1. The van der Waals surface area contributed by atoms with Gasteiger partial charge in [0, 0.05) is 17.9 Å². The van der Waals surface area contributed by atoms with Gasteiger partial charge in [-0.2, -0.15) is 0 Å². The quantitative estimate of drug-likeness (QED) is 0.730. The van der Waals surface area contributed by atoms with Gasteiger partial charge in [0.1, 0.15) is 0 Å². The fourth-order valence-corrected chi connectivity index (χ4v) is 2.86. The van der Waals surface area contributed by atoms with E-state index in [0.717, 1.165) is 31.1 Å². The van der Waals surface area contributed by atoms with Gasteiger partial charge in [0.25, 0.3) is 0 Å². The van der Waals surface area contributed by atoms with Gasteiger partial charge in [0.2, 0.25) is 5.91 Å². The van der Waals surface area contributed by atoms with Crippen molar-refractivity contribution in [1.82, 2.24) is 4.90 Å². The largest absolute Gasteiger partial charge is 0.339 e. The molecule has 1 amide bonds. The Morgan fingerprint density at radius 3 is 2.42 bits per heavy atom. The summed E-state index contributed by atoms with van der Waals surface area (Å²) in [5.74, 6) is 0.314. The number of hydrogen-bond donors (Lipinski definition) is 0. The first kappa shape index (κ1) is 14.6. The first-order chi connectivity index (χ1) is 9.12. The molecule has 0 spiro atoms. The van der Waals surface area contributed by atoms with E-state index < -0.39 is 0 Å². The van der Waals surface area contributed by atoms with Crippen molar-refractivity contribution in [3.05, 3.63) is 35.9 Å². The molecule has 1 aliphatic carbocycles. The Kier molecular flexibility index (Phi) is 4.67. The van der Waals surface area contributed by atoms with Crippen LogP contribution in [0, 0.1) is 0 Å². The lowest BCUT2D eigenvalue weighted by atomic mass is 9.93. The molecule has 0 saturated heterocycles. The maximum absolute atomic E-state index is 12.9. The summed E-state index contributed by atoms with van der Waals surface area (Å²) < 4.78 is 0. The van der Waals surface area contributed by atoms with Crippen molar-refractivity contribution >= 4 is 21.8 Å². The summed E-state index contributed by atoms with van der Waals surface area (Å²) in [7, 11) is 0. The molecule has 19 heavy (non-hydrogen) atoms. The predicted molar refractivity (Wildman–Crippen MR) is 82.6 cm³/mol. The Labute approximate surface area is 124 Å². The second-order valence-electron chi connectivity index (χ2n) is 5.58. The second-order valence-corrected chi connectivity index (χ2v) is 6.38. The zero-order valence-corrected chi connectivity index (χ0v) is 13.3. The van der Waals surface area contributed by atoms with Crippen LogP contribution in [0.5, 0.6) is 0 Å². The molecule has 1 aromatic carbocycles.